The summed E-state index contributed by atoms with van der Waals surface area (Å²) >= 11 is 0. The van der Waals surface area contributed by atoms with Crippen LogP contribution in [0.4, 0.5) is 4.79 Å². The summed E-state index contributed by atoms with van der Waals surface area (Å²) in [7, 11) is 0. The minimum atomic E-state index is -0.0928. The second-order valence-electron chi connectivity index (χ2n) is 6.84. The highest BCUT2D eigenvalue weighted by molar-refractivity contribution is 5.73. The van der Waals surface area contributed by atoms with Gasteiger partial charge in [0, 0.05) is 32.2 Å². The summed E-state index contributed by atoms with van der Waals surface area (Å²) in [5.41, 5.74) is 2.34. The number of hydrogen-bond acceptors (Lipinski definition) is 3. The molecule has 1 atom stereocenters. The molecule has 0 bridgehead atoms. The van der Waals surface area contributed by atoms with Crippen molar-refractivity contribution in [2.45, 2.75) is 46.2 Å². The monoisotopic (exact) mass is 347 g/mol. The fraction of sp³-hybridized carbons (Fsp3) is 0.650. The van der Waals surface area contributed by atoms with Gasteiger partial charge in [0.05, 0.1) is 13.2 Å². The Morgan fingerprint density at radius 2 is 1.76 bits per heavy atom. The topological polar surface area (TPSA) is 53.6 Å². The van der Waals surface area contributed by atoms with E-state index in [1.807, 2.05) is 0 Å². The molecule has 2 rings (SSSR count). The molecule has 2 N–H and O–H groups in total. The Bertz CT molecular complexity index is 508. The van der Waals surface area contributed by atoms with Gasteiger partial charge in [0.1, 0.15) is 0 Å². The Hall–Kier alpha value is -1.59. The lowest BCUT2D eigenvalue weighted by Gasteiger charge is -2.38. The number of morpholine rings is 1. The third-order valence-corrected chi connectivity index (χ3v) is 5.15. The summed E-state index contributed by atoms with van der Waals surface area (Å²) < 4.78 is 5.48. The van der Waals surface area contributed by atoms with Crippen LogP contribution < -0.4 is 10.6 Å². The summed E-state index contributed by atoms with van der Waals surface area (Å²) in [4.78, 5) is 14.7. The predicted octanol–water partition coefficient (Wildman–Crippen LogP) is 2.93. The van der Waals surface area contributed by atoms with Crippen molar-refractivity contribution in [3.05, 3.63) is 35.4 Å². The second-order valence-corrected chi connectivity index (χ2v) is 6.84. The van der Waals surface area contributed by atoms with E-state index in [0.29, 0.717) is 25.0 Å². The number of hydrogen-bond donors (Lipinski definition) is 2. The van der Waals surface area contributed by atoms with Gasteiger partial charge in [-0.3, -0.25) is 4.90 Å². The molecule has 2 amide bonds. The first kappa shape index (κ1) is 19.7. The zero-order valence-corrected chi connectivity index (χ0v) is 15.9. The smallest absolute Gasteiger partial charge is 0.315 e. The van der Waals surface area contributed by atoms with Crippen LogP contribution in [-0.4, -0.2) is 49.8 Å². The van der Waals surface area contributed by atoms with Crippen LogP contribution in [0.1, 0.15) is 37.8 Å². The fourth-order valence-electron chi connectivity index (χ4n) is 3.48. The van der Waals surface area contributed by atoms with Crippen molar-refractivity contribution >= 4 is 6.03 Å². The average Bonchev–Trinajstić information content (AvgIpc) is 2.65. The lowest BCUT2D eigenvalue weighted by molar-refractivity contribution is 0.00237. The molecule has 0 aliphatic carbocycles. The van der Waals surface area contributed by atoms with Crippen LogP contribution in [0.3, 0.4) is 0 Å². The molecule has 1 aliphatic heterocycles. The molecule has 0 saturated carbocycles. The number of ether oxygens (including phenoxy) is 1. The predicted molar refractivity (Wildman–Crippen MR) is 102 cm³/mol. The maximum Gasteiger partial charge on any atom is 0.315 e. The van der Waals surface area contributed by atoms with Crippen LogP contribution in [0.5, 0.6) is 0 Å². The third kappa shape index (κ3) is 6.33. The van der Waals surface area contributed by atoms with Gasteiger partial charge in [0.2, 0.25) is 0 Å². The summed E-state index contributed by atoms with van der Waals surface area (Å²) in [6, 6.07) is 8.52. The van der Waals surface area contributed by atoms with Crippen LogP contribution in [-0.2, 0) is 11.3 Å². The first-order chi connectivity index (χ1) is 12.1. The van der Waals surface area contributed by atoms with E-state index in [9.17, 15) is 4.79 Å². The van der Waals surface area contributed by atoms with Crippen LogP contribution in [0.15, 0.2) is 24.3 Å². The van der Waals surface area contributed by atoms with Gasteiger partial charge in [-0.15, -0.1) is 0 Å². The molecule has 140 valence electrons. The number of urea groups is 1. The summed E-state index contributed by atoms with van der Waals surface area (Å²) in [5, 5.41) is 6.04. The van der Waals surface area contributed by atoms with Crippen molar-refractivity contribution in [3.63, 3.8) is 0 Å². The Labute approximate surface area is 152 Å². The SMILES string of the molecule is CCC(CC)[C@H](CNC(=O)NCc1ccc(C)cc1)N1CCOCC1. The number of rotatable bonds is 8. The second kappa shape index (κ2) is 10.4. The molecular weight excluding hydrogens is 314 g/mol. The number of nitrogens with zero attached hydrogens (tertiary/aromatic N) is 1. The lowest BCUT2D eigenvalue weighted by atomic mass is 9.92. The first-order valence-electron chi connectivity index (χ1n) is 9.53. The number of nitrogens with one attached hydrogen (secondary N) is 2. The molecule has 0 radical (unpaired) electrons. The first-order valence-corrected chi connectivity index (χ1v) is 9.53. The van der Waals surface area contributed by atoms with Gasteiger partial charge < -0.3 is 15.4 Å². The minimum absolute atomic E-state index is 0.0928. The highest BCUT2D eigenvalue weighted by atomic mass is 16.5. The fourth-order valence-corrected chi connectivity index (χ4v) is 3.48. The normalized spacial score (nSPS) is 16.6. The molecule has 1 aromatic rings. The molecular formula is C20H33N3O2. The highest BCUT2D eigenvalue weighted by Crippen LogP contribution is 2.19. The number of carbonyl (C=O) groups excluding carboxylic acids is 1. The molecule has 5 heteroatoms. The van der Waals surface area contributed by atoms with Crippen molar-refractivity contribution in [3.8, 4) is 0 Å². The molecule has 1 fully saturated rings. The molecule has 0 unspecified atom stereocenters. The van der Waals surface area contributed by atoms with Crippen LogP contribution in [0.25, 0.3) is 0 Å². The van der Waals surface area contributed by atoms with Crippen molar-refractivity contribution in [2.24, 2.45) is 5.92 Å². The molecule has 25 heavy (non-hydrogen) atoms. The Balaban J connectivity index is 1.83. The Kier molecular flexibility index (Phi) is 8.22. The van der Waals surface area contributed by atoms with Crippen molar-refractivity contribution < 1.29 is 9.53 Å². The van der Waals surface area contributed by atoms with Gasteiger partial charge in [0.25, 0.3) is 0 Å². The van der Waals surface area contributed by atoms with Gasteiger partial charge >= 0.3 is 6.03 Å². The van der Waals surface area contributed by atoms with E-state index in [1.165, 1.54) is 5.56 Å². The van der Waals surface area contributed by atoms with E-state index in [0.717, 1.165) is 44.7 Å². The van der Waals surface area contributed by atoms with Gasteiger partial charge in [-0.2, -0.15) is 0 Å². The number of aryl methyl sites for hydroxylation is 1. The highest BCUT2D eigenvalue weighted by Gasteiger charge is 2.27. The Morgan fingerprint density at radius 1 is 1.12 bits per heavy atom. The quantitative estimate of drug-likeness (QED) is 0.760. The van der Waals surface area contributed by atoms with Crippen LogP contribution in [0.2, 0.25) is 0 Å². The zero-order valence-electron chi connectivity index (χ0n) is 15.9. The molecule has 0 aromatic heterocycles. The van der Waals surface area contributed by atoms with Crippen molar-refractivity contribution in [1.29, 1.82) is 0 Å². The van der Waals surface area contributed by atoms with E-state index in [2.05, 4.69) is 60.6 Å². The number of benzene rings is 1. The van der Waals surface area contributed by atoms with Gasteiger partial charge in [-0.05, 0) is 18.4 Å². The van der Waals surface area contributed by atoms with E-state index in [4.69, 9.17) is 4.74 Å². The number of carbonyl (C=O) groups is 1. The summed E-state index contributed by atoms with van der Waals surface area (Å²) in [5.74, 6) is 0.593. The van der Waals surface area contributed by atoms with Crippen molar-refractivity contribution in [1.82, 2.24) is 15.5 Å². The molecule has 1 heterocycles. The molecule has 1 aromatic carbocycles. The molecule has 1 saturated heterocycles. The van der Waals surface area contributed by atoms with Crippen molar-refractivity contribution in [2.75, 3.05) is 32.8 Å². The Morgan fingerprint density at radius 3 is 2.36 bits per heavy atom. The molecule has 1 aliphatic rings. The third-order valence-electron chi connectivity index (χ3n) is 5.15. The maximum absolute atomic E-state index is 12.2. The lowest BCUT2D eigenvalue weighted by Crippen LogP contribution is -2.53. The zero-order chi connectivity index (χ0) is 18.1. The van der Waals surface area contributed by atoms with Crippen LogP contribution in [0, 0.1) is 12.8 Å². The van der Waals surface area contributed by atoms with E-state index in [1.54, 1.807) is 0 Å². The van der Waals surface area contributed by atoms with Crippen LogP contribution >= 0.6 is 0 Å². The standard InChI is InChI=1S/C20H33N3O2/c1-4-18(5-2)19(23-10-12-25-13-11-23)15-22-20(24)21-14-17-8-6-16(3)7-9-17/h6-9,18-19H,4-5,10-15H2,1-3H3,(H2,21,22,24)/t19-/m0/s1. The average molecular weight is 348 g/mol. The maximum atomic E-state index is 12.2. The largest absolute Gasteiger partial charge is 0.379 e. The minimum Gasteiger partial charge on any atom is -0.379 e. The van der Waals surface area contributed by atoms with E-state index < -0.39 is 0 Å². The van der Waals surface area contributed by atoms with Gasteiger partial charge in [-0.25, -0.2) is 4.79 Å². The molecule has 5 nitrogen and oxygen atoms in total. The van der Waals surface area contributed by atoms with E-state index >= 15 is 0 Å². The van der Waals surface area contributed by atoms with E-state index in [-0.39, 0.29) is 6.03 Å². The molecule has 0 spiro atoms. The number of amides is 2. The van der Waals surface area contributed by atoms with Gasteiger partial charge in [0.15, 0.2) is 0 Å². The van der Waals surface area contributed by atoms with Gasteiger partial charge in [-0.1, -0.05) is 56.5 Å². The summed E-state index contributed by atoms with van der Waals surface area (Å²) in [6.45, 7) is 11.3. The summed E-state index contributed by atoms with van der Waals surface area (Å²) in [6.07, 6.45) is 2.26.